The number of carbonyl (C=O) groups excluding carboxylic acids is 2. The number of amides is 2. The smallest absolute Gasteiger partial charge is 0.244 e. The molecule has 2 amide bonds. The lowest BCUT2D eigenvalue weighted by atomic mass is 9.98. The number of nitrogens with zero attached hydrogens (tertiary/aromatic N) is 4. The normalized spacial score (nSPS) is 14.7. The molecule has 2 N–H and O–H groups in total. The maximum Gasteiger partial charge on any atom is 0.244 e. The summed E-state index contributed by atoms with van der Waals surface area (Å²) in [7, 11) is 1.63. The van der Waals surface area contributed by atoms with Gasteiger partial charge in [-0.05, 0) is 37.6 Å². The van der Waals surface area contributed by atoms with Crippen LogP contribution in [-0.2, 0) is 9.59 Å². The van der Waals surface area contributed by atoms with Crippen molar-refractivity contribution in [3.63, 3.8) is 0 Å². The van der Waals surface area contributed by atoms with Crippen molar-refractivity contribution < 1.29 is 23.5 Å². The lowest BCUT2D eigenvalue weighted by molar-refractivity contribution is -0.122. The molecule has 0 radical (unpaired) electrons. The number of aliphatic hydroxyl groups excluding tert-OH is 1. The molecule has 3 aromatic rings. The summed E-state index contributed by atoms with van der Waals surface area (Å²) >= 11 is 0. The van der Waals surface area contributed by atoms with Gasteiger partial charge < -0.3 is 20.2 Å². The molecule has 0 bridgehead atoms. The largest absolute Gasteiger partial charge is 0.395 e. The van der Waals surface area contributed by atoms with Crippen molar-refractivity contribution in [2.24, 2.45) is 0 Å². The van der Waals surface area contributed by atoms with Crippen molar-refractivity contribution in [2.45, 2.75) is 19.8 Å². The molecule has 1 atom stereocenters. The number of nitrogens with one attached hydrogen (secondary N) is 1. The van der Waals surface area contributed by atoms with E-state index in [1.165, 1.54) is 29.3 Å². The van der Waals surface area contributed by atoms with Crippen LogP contribution in [0.1, 0.15) is 24.1 Å². The SMILES string of the molecule is Cc1ccc(NC(=O)CN2C(=O)C(C)c3ncccc3-c3c2cc(N(C)CCO)nc3F)cc1F. The minimum Gasteiger partial charge on any atom is -0.395 e. The number of carbonyl (C=O) groups is 2. The van der Waals surface area contributed by atoms with E-state index in [1.54, 1.807) is 44.0 Å². The first-order valence-corrected chi connectivity index (χ1v) is 11.1. The van der Waals surface area contributed by atoms with Gasteiger partial charge in [-0.25, -0.2) is 9.37 Å². The molecule has 8 nitrogen and oxygen atoms in total. The number of hydrogen-bond acceptors (Lipinski definition) is 6. The topological polar surface area (TPSA) is 98.7 Å². The van der Waals surface area contributed by atoms with E-state index >= 15 is 4.39 Å². The summed E-state index contributed by atoms with van der Waals surface area (Å²) in [5.74, 6) is -2.91. The van der Waals surface area contributed by atoms with Gasteiger partial charge in [0.2, 0.25) is 17.8 Å². The zero-order valence-electron chi connectivity index (χ0n) is 19.5. The van der Waals surface area contributed by atoms with Gasteiger partial charge in [-0.2, -0.15) is 4.39 Å². The van der Waals surface area contributed by atoms with Crippen molar-refractivity contribution >= 4 is 29.0 Å². The van der Waals surface area contributed by atoms with E-state index in [0.29, 0.717) is 16.8 Å². The number of benzene rings is 1. The van der Waals surface area contributed by atoms with E-state index in [0.717, 1.165) is 0 Å². The second kappa shape index (κ2) is 9.75. The van der Waals surface area contributed by atoms with Gasteiger partial charge in [0.05, 0.1) is 29.5 Å². The summed E-state index contributed by atoms with van der Waals surface area (Å²) in [5.41, 5.74) is 1.67. The first-order valence-electron chi connectivity index (χ1n) is 11.1. The first-order chi connectivity index (χ1) is 16.7. The lowest BCUT2D eigenvalue weighted by Gasteiger charge is -2.26. The molecule has 1 aromatic carbocycles. The second-order valence-electron chi connectivity index (χ2n) is 8.40. The molecule has 1 aliphatic rings. The Bertz CT molecular complexity index is 1300. The molecular weight excluding hydrogens is 456 g/mol. The maximum absolute atomic E-state index is 15.5. The summed E-state index contributed by atoms with van der Waals surface area (Å²) in [6, 6.07) is 9.10. The number of fused-ring (bicyclic) bond motifs is 3. The third-order valence-corrected chi connectivity index (χ3v) is 5.97. The van der Waals surface area contributed by atoms with Crippen LogP contribution in [0.3, 0.4) is 0 Å². The number of rotatable bonds is 6. The second-order valence-corrected chi connectivity index (χ2v) is 8.40. The third-order valence-electron chi connectivity index (χ3n) is 5.97. The predicted octanol–water partition coefficient (Wildman–Crippen LogP) is 3.25. The summed E-state index contributed by atoms with van der Waals surface area (Å²) in [4.78, 5) is 37.5. The molecule has 0 spiro atoms. The summed E-state index contributed by atoms with van der Waals surface area (Å²) in [6.07, 6.45) is 1.52. The van der Waals surface area contributed by atoms with Gasteiger partial charge in [-0.3, -0.25) is 14.6 Å². The standard InChI is InChI=1S/C25H25F2N5O3/c1-14-6-7-16(11-18(14)26)29-21(34)13-32-19-12-20(31(3)9-10-33)30-24(27)22(19)17-5-4-8-28-23(17)15(2)25(32)35/h4-8,11-12,15,33H,9-10,13H2,1-3H3,(H,29,34). The number of pyridine rings is 2. The Kier molecular flexibility index (Phi) is 6.74. The molecule has 1 unspecified atom stereocenters. The van der Waals surface area contributed by atoms with Crippen LogP contribution in [0.5, 0.6) is 0 Å². The third kappa shape index (κ3) is 4.69. The highest BCUT2D eigenvalue weighted by atomic mass is 19.1. The number of anilines is 3. The van der Waals surface area contributed by atoms with E-state index in [1.807, 2.05) is 0 Å². The Morgan fingerprint density at radius 3 is 2.74 bits per heavy atom. The summed E-state index contributed by atoms with van der Waals surface area (Å²) in [6.45, 7) is 2.82. The minimum atomic E-state index is -0.829. The predicted molar refractivity (Wildman–Crippen MR) is 128 cm³/mol. The molecular formula is C25H25F2N5O3. The molecule has 0 saturated heterocycles. The fraction of sp³-hybridized carbons (Fsp3) is 0.280. The molecule has 35 heavy (non-hydrogen) atoms. The van der Waals surface area contributed by atoms with Gasteiger partial charge >= 0.3 is 0 Å². The number of likely N-dealkylation sites (N-methyl/N-ethyl adjacent to an activating group) is 1. The number of aryl methyl sites for hydroxylation is 1. The van der Waals surface area contributed by atoms with E-state index in [4.69, 9.17) is 0 Å². The van der Waals surface area contributed by atoms with Gasteiger partial charge in [0.25, 0.3) is 0 Å². The Morgan fingerprint density at radius 1 is 1.26 bits per heavy atom. The zero-order valence-corrected chi connectivity index (χ0v) is 19.5. The molecule has 1 aliphatic heterocycles. The maximum atomic E-state index is 15.5. The number of hydrogen-bond donors (Lipinski definition) is 2. The van der Waals surface area contributed by atoms with Crippen molar-refractivity contribution in [1.82, 2.24) is 9.97 Å². The van der Waals surface area contributed by atoms with E-state index in [9.17, 15) is 19.1 Å². The van der Waals surface area contributed by atoms with Crippen LogP contribution in [0.2, 0.25) is 0 Å². The zero-order chi connectivity index (χ0) is 25.3. The number of halogens is 2. The molecule has 0 saturated carbocycles. The lowest BCUT2D eigenvalue weighted by Crippen LogP contribution is -2.40. The fourth-order valence-corrected chi connectivity index (χ4v) is 4.03. The number of aliphatic hydroxyl groups is 1. The van der Waals surface area contributed by atoms with Crippen LogP contribution in [0.25, 0.3) is 11.1 Å². The van der Waals surface area contributed by atoms with Gasteiger partial charge in [0.1, 0.15) is 18.2 Å². The van der Waals surface area contributed by atoms with E-state index < -0.39 is 36.0 Å². The monoisotopic (exact) mass is 481 g/mol. The van der Waals surface area contributed by atoms with E-state index in [-0.39, 0.29) is 35.9 Å². The van der Waals surface area contributed by atoms with Crippen LogP contribution >= 0.6 is 0 Å². The molecule has 10 heteroatoms. The Balaban J connectivity index is 1.79. The van der Waals surface area contributed by atoms with E-state index in [2.05, 4.69) is 15.3 Å². The fourth-order valence-electron chi connectivity index (χ4n) is 4.03. The minimum absolute atomic E-state index is 0.0566. The molecule has 182 valence electrons. The summed E-state index contributed by atoms with van der Waals surface area (Å²) in [5, 5.41) is 11.9. The van der Waals surface area contributed by atoms with Crippen LogP contribution in [0, 0.1) is 18.7 Å². The van der Waals surface area contributed by atoms with Crippen LogP contribution in [0.4, 0.5) is 26.0 Å². The number of aromatic nitrogens is 2. The average Bonchev–Trinajstić information content (AvgIpc) is 2.91. The Labute approximate surface area is 201 Å². The van der Waals surface area contributed by atoms with Crippen LogP contribution < -0.4 is 15.1 Å². The van der Waals surface area contributed by atoms with Crippen molar-refractivity contribution in [1.29, 1.82) is 0 Å². The molecule has 4 rings (SSSR count). The van der Waals surface area contributed by atoms with Crippen LogP contribution in [0.15, 0.2) is 42.6 Å². The molecule has 3 heterocycles. The molecule has 2 aromatic heterocycles. The molecule has 0 aliphatic carbocycles. The first kappa shape index (κ1) is 24.2. The van der Waals surface area contributed by atoms with Crippen molar-refractivity contribution in [2.75, 3.05) is 41.9 Å². The molecule has 0 fully saturated rings. The summed E-state index contributed by atoms with van der Waals surface area (Å²) < 4.78 is 29.4. The van der Waals surface area contributed by atoms with Gasteiger partial charge in [0, 0.05) is 37.1 Å². The highest BCUT2D eigenvalue weighted by Gasteiger charge is 2.36. The van der Waals surface area contributed by atoms with Gasteiger partial charge in [-0.15, -0.1) is 0 Å². The van der Waals surface area contributed by atoms with Crippen LogP contribution in [-0.4, -0.2) is 53.6 Å². The van der Waals surface area contributed by atoms with Crippen molar-refractivity contribution in [3.8, 4) is 11.1 Å². The van der Waals surface area contributed by atoms with Gasteiger partial charge in [-0.1, -0.05) is 12.1 Å². The Hall–Kier alpha value is -3.92. The quantitative estimate of drug-likeness (QED) is 0.525. The van der Waals surface area contributed by atoms with Gasteiger partial charge in [0.15, 0.2) is 0 Å². The highest BCUT2D eigenvalue weighted by molar-refractivity contribution is 6.09. The van der Waals surface area contributed by atoms with Crippen molar-refractivity contribution in [3.05, 3.63) is 65.6 Å². The highest BCUT2D eigenvalue weighted by Crippen LogP contribution is 2.42. The Morgan fingerprint density at radius 2 is 2.03 bits per heavy atom. The average molecular weight is 482 g/mol.